The van der Waals surface area contributed by atoms with Gasteiger partial charge in [-0.1, -0.05) is 19.8 Å². The van der Waals surface area contributed by atoms with Crippen molar-refractivity contribution in [3.05, 3.63) is 40.2 Å². The van der Waals surface area contributed by atoms with Crippen LogP contribution in [0.25, 0.3) is 0 Å². The smallest absolute Gasteiger partial charge is 0.336 e. The van der Waals surface area contributed by atoms with Crippen molar-refractivity contribution in [2.24, 2.45) is 0 Å². The van der Waals surface area contributed by atoms with Crippen LogP contribution in [0.15, 0.2) is 34.7 Å². The van der Waals surface area contributed by atoms with Crippen molar-refractivity contribution in [3.63, 3.8) is 0 Å². The number of ether oxygens (including phenoxy) is 4. The predicted octanol–water partition coefficient (Wildman–Crippen LogP) is 4.41. The number of benzene rings is 1. The van der Waals surface area contributed by atoms with Gasteiger partial charge in [-0.15, -0.1) is 0 Å². The van der Waals surface area contributed by atoms with Gasteiger partial charge in [0.1, 0.15) is 0 Å². The van der Waals surface area contributed by atoms with Crippen molar-refractivity contribution >= 4 is 11.8 Å². The summed E-state index contributed by atoms with van der Waals surface area (Å²) in [7, 11) is 4.63. The quantitative estimate of drug-likeness (QED) is 0.447. The Kier molecular flexibility index (Phi) is 7.83. The van der Waals surface area contributed by atoms with Crippen LogP contribution in [0, 0.1) is 0 Å². The Bertz CT molecular complexity index is 921. The van der Waals surface area contributed by atoms with E-state index in [1.807, 2.05) is 19.1 Å². The van der Waals surface area contributed by atoms with Crippen molar-refractivity contribution in [3.8, 4) is 17.2 Å². The molecule has 1 heterocycles. The maximum atomic E-state index is 13.2. The lowest BCUT2D eigenvalue weighted by molar-refractivity contribution is -0.139. The highest BCUT2D eigenvalue weighted by Crippen LogP contribution is 2.47. The number of carbonyl (C=O) groups is 2. The Balaban J connectivity index is 2.12. The second-order valence-electron chi connectivity index (χ2n) is 8.07. The van der Waals surface area contributed by atoms with Crippen molar-refractivity contribution in [1.29, 1.82) is 0 Å². The molecule has 1 N–H and O–H groups in total. The number of ketones is 1. The average Bonchev–Trinajstić information content (AvgIpc) is 2.79. The molecule has 0 amide bonds. The predicted molar refractivity (Wildman–Crippen MR) is 121 cm³/mol. The first kappa shape index (κ1) is 23.7. The summed E-state index contributed by atoms with van der Waals surface area (Å²) in [4.78, 5) is 26.3. The van der Waals surface area contributed by atoms with Crippen LogP contribution in [0.2, 0.25) is 0 Å². The number of unbranched alkanes of at least 4 members (excludes halogenated alkanes) is 2. The molecule has 0 fully saturated rings. The molecular formula is C25H33NO6. The molecule has 0 bridgehead atoms. The van der Waals surface area contributed by atoms with Gasteiger partial charge in [-0.3, -0.25) is 4.79 Å². The SMILES string of the molecule is CCCCCOC(=O)C1=C(C)NC2=C(C(=O)CCC2)C1c1cc(OC)c(OC)c(OC)c1. The molecule has 0 saturated carbocycles. The van der Waals surface area contributed by atoms with E-state index in [1.165, 1.54) is 0 Å². The van der Waals surface area contributed by atoms with E-state index in [2.05, 4.69) is 12.2 Å². The van der Waals surface area contributed by atoms with E-state index < -0.39 is 11.9 Å². The molecule has 1 aliphatic heterocycles. The zero-order valence-electron chi connectivity index (χ0n) is 19.6. The molecule has 1 unspecified atom stereocenters. The van der Waals surface area contributed by atoms with Crippen molar-refractivity contribution in [1.82, 2.24) is 5.32 Å². The van der Waals surface area contributed by atoms with E-state index in [-0.39, 0.29) is 5.78 Å². The molecule has 174 valence electrons. The van der Waals surface area contributed by atoms with E-state index in [0.717, 1.165) is 43.4 Å². The Morgan fingerprint density at radius 1 is 1.06 bits per heavy atom. The summed E-state index contributed by atoms with van der Waals surface area (Å²) in [6.07, 6.45) is 4.85. The summed E-state index contributed by atoms with van der Waals surface area (Å²) in [5.41, 5.74) is 3.38. The maximum Gasteiger partial charge on any atom is 0.336 e. The minimum atomic E-state index is -0.563. The lowest BCUT2D eigenvalue weighted by Crippen LogP contribution is -2.34. The van der Waals surface area contributed by atoms with Gasteiger partial charge in [0.25, 0.3) is 0 Å². The van der Waals surface area contributed by atoms with Gasteiger partial charge in [-0.25, -0.2) is 4.79 Å². The molecule has 0 spiro atoms. The summed E-state index contributed by atoms with van der Waals surface area (Å²) >= 11 is 0. The van der Waals surface area contributed by atoms with Gasteiger partial charge in [-0.05, 0) is 43.9 Å². The zero-order chi connectivity index (χ0) is 23.3. The van der Waals surface area contributed by atoms with E-state index in [9.17, 15) is 9.59 Å². The molecular weight excluding hydrogens is 410 g/mol. The number of rotatable bonds is 9. The third kappa shape index (κ3) is 4.61. The molecule has 32 heavy (non-hydrogen) atoms. The van der Waals surface area contributed by atoms with Gasteiger partial charge in [0.15, 0.2) is 17.3 Å². The largest absolute Gasteiger partial charge is 0.493 e. The van der Waals surface area contributed by atoms with Crippen molar-refractivity contribution in [2.75, 3.05) is 27.9 Å². The first-order chi connectivity index (χ1) is 15.5. The van der Waals surface area contributed by atoms with Crippen LogP contribution in [0.4, 0.5) is 0 Å². The molecule has 3 rings (SSSR count). The summed E-state index contributed by atoms with van der Waals surface area (Å²) < 4.78 is 22.1. The topological polar surface area (TPSA) is 83.1 Å². The maximum absolute atomic E-state index is 13.2. The number of hydrogen-bond acceptors (Lipinski definition) is 7. The zero-order valence-corrected chi connectivity index (χ0v) is 19.6. The molecule has 1 aromatic carbocycles. The molecule has 7 nitrogen and oxygen atoms in total. The Morgan fingerprint density at radius 2 is 1.75 bits per heavy atom. The third-order valence-corrected chi connectivity index (χ3v) is 6.00. The van der Waals surface area contributed by atoms with Crippen molar-refractivity contribution < 1.29 is 28.5 Å². The highest BCUT2D eigenvalue weighted by atomic mass is 16.5. The van der Waals surface area contributed by atoms with Crippen LogP contribution in [0.5, 0.6) is 17.2 Å². The number of dihydropyridines is 1. The number of nitrogens with one attached hydrogen (secondary N) is 1. The Labute approximate surface area is 189 Å². The first-order valence-corrected chi connectivity index (χ1v) is 11.2. The van der Waals surface area contributed by atoms with Crippen molar-refractivity contribution in [2.45, 2.75) is 58.3 Å². The summed E-state index contributed by atoms with van der Waals surface area (Å²) in [5, 5.41) is 3.31. The monoisotopic (exact) mass is 443 g/mol. The van der Waals surface area contributed by atoms with Crippen LogP contribution in [0.1, 0.15) is 63.9 Å². The molecule has 1 aliphatic carbocycles. The van der Waals surface area contributed by atoms with Gasteiger partial charge >= 0.3 is 5.97 Å². The summed E-state index contributed by atoms with van der Waals surface area (Å²) in [6, 6.07) is 3.61. The molecule has 0 aromatic heterocycles. The molecule has 2 aliphatic rings. The molecule has 1 aromatic rings. The number of Topliss-reactive ketones (excluding diaryl/α,β-unsaturated/α-hetero) is 1. The molecule has 0 saturated heterocycles. The minimum Gasteiger partial charge on any atom is -0.493 e. The third-order valence-electron chi connectivity index (χ3n) is 6.00. The normalized spacial score (nSPS) is 18.2. The summed E-state index contributed by atoms with van der Waals surface area (Å²) in [6.45, 7) is 4.31. The van der Waals surface area contributed by atoms with Gasteiger partial charge in [0, 0.05) is 29.3 Å². The van der Waals surface area contributed by atoms with E-state index in [1.54, 1.807) is 21.3 Å². The van der Waals surface area contributed by atoms with Gasteiger partial charge in [0.05, 0.1) is 33.5 Å². The number of esters is 1. The van der Waals surface area contributed by atoms with Gasteiger partial charge in [0.2, 0.25) is 5.75 Å². The molecule has 1 atom stereocenters. The first-order valence-electron chi connectivity index (χ1n) is 11.2. The van der Waals surface area contributed by atoms with Gasteiger partial charge < -0.3 is 24.3 Å². The lowest BCUT2D eigenvalue weighted by Gasteiger charge is -2.34. The van der Waals surface area contributed by atoms with E-state index in [4.69, 9.17) is 18.9 Å². The van der Waals surface area contributed by atoms with Crippen LogP contribution >= 0.6 is 0 Å². The number of hydrogen-bond donors (Lipinski definition) is 1. The second kappa shape index (κ2) is 10.6. The van der Waals surface area contributed by atoms with Crippen LogP contribution < -0.4 is 19.5 Å². The lowest BCUT2D eigenvalue weighted by atomic mass is 9.75. The van der Waals surface area contributed by atoms with E-state index >= 15 is 0 Å². The Morgan fingerprint density at radius 3 is 2.34 bits per heavy atom. The minimum absolute atomic E-state index is 0.0429. The fraction of sp³-hybridized carbons (Fsp3) is 0.520. The number of methoxy groups -OCH3 is 3. The van der Waals surface area contributed by atoms with Crippen LogP contribution in [0.3, 0.4) is 0 Å². The Hall–Kier alpha value is -2.96. The highest BCUT2D eigenvalue weighted by Gasteiger charge is 2.39. The highest BCUT2D eigenvalue weighted by molar-refractivity contribution is 6.03. The van der Waals surface area contributed by atoms with Crippen LogP contribution in [-0.4, -0.2) is 39.7 Å². The number of carbonyl (C=O) groups excluding carboxylic acids is 2. The average molecular weight is 444 g/mol. The second-order valence-corrected chi connectivity index (χ2v) is 8.07. The fourth-order valence-electron chi connectivity index (χ4n) is 4.45. The van der Waals surface area contributed by atoms with Crippen LogP contribution in [-0.2, 0) is 14.3 Å². The fourth-order valence-corrected chi connectivity index (χ4v) is 4.45. The van der Waals surface area contributed by atoms with E-state index in [0.29, 0.717) is 47.1 Å². The molecule has 7 heteroatoms. The number of allylic oxidation sites excluding steroid dienone is 3. The van der Waals surface area contributed by atoms with Gasteiger partial charge in [-0.2, -0.15) is 0 Å². The standard InChI is InChI=1S/C25H33NO6/c1-6-7-8-12-32-25(28)21-15(2)26-17-10-9-11-18(27)23(17)22(21)16-13-19(29-3)24(31-5)20(14-16)30-4/h13-14,22,26H,6-12H2,1-5H3. The summed E-state index contributed by atoms with van der Waals surface area (Å²) in [5.74, 6) is 0.474. The molecule has 0 radical (unpaired) electrons.